The smallest absolute Gasteiger partial charge is 0.261 e. The van der Waals surface area contributed by atoms with Crippen molar-refractivity contribution in [3.05, 3.63) is 64.1 Å². The Balaban J connectivity index is 1.69. The number of hydrogen-bond donors (Lipinski definition) is 1. The highest BCUT2D eigenvalue weighted by atomic mass is 79.9. The van der Waals surface area contributed by atoms with Gasteiger partial charge in [0.05, 0.1) is 0 Å². The molecule has 0 aliphatic heterocycles. The zero-order valence-corrected chi connectivity index (χ0v) is 21.7. The van der Waals surface area contributed by atoms with Gasteiger partial charge in [-0.2, -0.15) is 0 Å². The van der Waals surface area contributed by atoms with Crippen LogP contribution in [0, 0.1) is 0 Å². The molecule has 1 atom stereocenters. The zero-order chi connectivity index (χ0) is 24.0. The van der Waals surface area contributed by atoms with Crippen molar-refractivity contribution in [2.75, 3.05) is 6.61 Å². The van der Waals surface area contributed by atoms with Crippen LogP contribution >= 0.6 is 15.9 Å². The maximum Gasteiger partial charge on any atom is 0.261 e. The maximum atomic E-state index is 13.2. The summed E-state index contributed by atoms with van der Waals surface area (Å²) < 4.78 is 6.78. The Hall–Kier alpha value is -2.34. The third-order valence-corrected chi connectivity index (χ3v) is 6.75. The number of amides is 2. The predicted molar refractivity (Wildman–Crippen MR) is 135 cm³/mol. The Labute approximate surface area is 206 Å². The zero-order valence-electron chi connectivity index (χ0n) is 20.1. The van der Waals surface area contributed by atoms with E-state index < -0.39 is 6.04 Å². The Kier molecular flexibility index (Phi) is 8.57. The number of carbonyl (C=O) groups excluding carboxylic acids is 2. The average molecular weight is 515 g/mol. The highest BCUT2D eigenvalue weighted by Gasteiger charge is 2.28. The van der Waals surface area contributed by atoms with Crippen molar-refractivity contribution in [2.24, 2.45) is 0 Å². The van der Waals surface area contributed by atoms with Crippen molar-refractivity contribution in [1.29, 1.82) is 0 Å². The molecule has 1 aliphatic carbocycles. The number of nitrogens with zero attached hydrogens (tertiary/aromatic N) is 1. The van der Waals surface area contributed by atoms with Crippen LogP contribution in [0.5, 0.6) is 5.75 Å². The summed E-state index contributed by atoms with van der Waals surface area (Å²) in [5.41, 5.74) is 2.22. The molecule has 0 saturated heterocycles. The molecule has 178 valence electrons. The van der Waals surface area contributed by atoms with Crippen molar-refractivity contribution in [3.63, 3.8) is 0 Å². The average Bonchev–Trinajstić information content (AvgIpc) is 3.29. The lowest BCUT2D eigenvalue weighted by molar-refractivity contribution is -0.142. The molecular weight excluding hydrogens is 480 g/mol. The summed E-state index contributed by atoms with van der Waals surface area (Å²) in [4.78, 5) is 27.8. The van der Waals surface area contributed by atoms with Crippen LogP contribution in [0.25, 0.3) is 0 Å². The van der Waals surface area contributed by atoms with E-state index in [1.165, 1.54) is 5.56 Å². The van der Waals surface area contributed by atoms with Crippen LogP contribution in [0.15, 0.2) is 53.0 Å². The van der Waals surface area contributed by atoms with E-state index in [0.29, 0.717) is 12.3 Å². The summed E-state index contributed by atoms with van der Waals surface area (Å²) >= 11 is 3.44. The van der Waals surface area contributed by atoms with E-state index in [9.17, 15) is 9.59 Å². The fourth-order valence-corrected chi connectivity index (χ4v) is 4.30. The van der Waals surface area contributed by atoms with Crippen LogP contribution in [0.1, 0.15) is 64.5 Å². The van der Waals surface area contributed by atoms with Crippen molar-refractivity contribution >= 4 is 27.7 Å². The van der Waals surface area contributed by atoms with E-state index in [4.69, 9.17) is 4.74 Å². The van der Waals surface area contributed by atoms with E-state index >= 15 is 0 Å². The first-order chi connectivity index (χ1) is 15.6. The number of rotatable bonds is 8. The van der Waals surface area contributed by atoms with Crippen molar-refractivity contribution in [1.82, 2.24) is 10.2 Å². The van der Waals surface area contributed by atoms with E-state index in [1.54, 1.807) is 11.8 Å². The molecule has 1 saturated carbocycles. The van der Waals surface area contributed by atoms with Gasteiger partial charge in [0.2, 0.25) is 5.91 Å². The number of halogens is 1. The lowest BCUT2D eigenvalue weighted by Crippen LogP contribution is -2.50. The second kappa shape index (κ2) is 11.2. The number of ether oxygens (including phenoxy) is 1. The van der Waals surface area contributed by atoms with Crippen LogP contribution < -0.4 is 10.1 Å². The molecule has 6 heteroatoms. The van der Waals surface area contributed by atoms with Crippen molar-refractivity contribution < 1.29 is 14.3 Å². The van der Waals surface area contributed by atoms with Gasteiger partial charge in [0.25, 0.3) is 5.91 Å². The van der Waals surface area contributed by atoms with Gasteiger partial charge >= 0.3 is 0 Å². The molecule has 3 rings (SSSR count). The quantitative estimate of drug-likeness (QED) is 0.498. The van der Waals surface area contributed by atoms with Crippen molar-refractivity contribution in [3.8, 4) is 5.75 Å². The summed E-state index contributed by atoms with van der Waals surface area (Å²) in [6.45, 7) is 8.49. The Morgan fingerprint density at radius 3 is 2.24 bits per heavy atom. The lowest BCUT2D eigenvalue weighted by Gasteiger charge is -2.29. The van der Waals surface area contributed by atoms with E-state index in [2.05, 4.69) is 42.0 Å². The van der Waals surface area contributed by atoms with Gasteiger partial charge in [-0.3, -0.25) is 9.59 Å². The largest absolute Gasteiger partial charge is 0.484 e. The molecule has 1 N–H and O–H groups in total. The first-order valence-electron chi connectivity index (χ1n) is 11.7. The molecule has 0 bridgehead atoms. The van der Waals surface area contributed by atoms with Gasteiger partial charge < -0.3 is 15.0 Å². The fraction of sp³-hybridized carbons (Fsp3) is 0.481. The Bertz CT molecular complexity index is 929. The molecule has 1 aliphatic rings. The second-order valence-corrected chi connectivity index (χ2v) is 10.8. The van der Waals surface area contributed by atoms with Gasteiger partial charge in [-0.25, -0.2) is 0 Å². The summed E-state index contributed by atoms with van der Waals surface area (Å²) in [5.74, 6) is 0.316. The third-order valence-electron chi connectivity index (χ3n) is 6.22. The molecule has 1 fully saturated rings. The first-order valence-corrected chi connectivity index (χ1v) is 12.5. The van der Waals surface area contributed by atoms with Crippen molar-refractivity contribution in [2.45, 2.75) is 77.4 Å². The SMILES string of the molecule is C[C@@H](C(=O)NC1CCCC1)N(Cc1ccc(Br)cc1)C(=O)COc1ccc(C(C)(C)C)cc1. The number of hydrogen-bond acceptors (Lipinski definition) is 3. The second-order valence-electron chi connectivity index (χ2n) is 9.88. The molecule has 33 heavy (non-hydrogen) atoms. The van der Waals surface area contributed by atoms with Crippen LogP contribution in [-0.4, -0.2) is 35.4 Å². The molecule has 2 amide bonds. The molecule has 0 unspecified atom stereocenters. The molecule has 0 heterocycles. The molecule has 2 aromatic rings. The van der Waals surface area contributed by atoms with Crippen LogP contribution in [0.2, 0.25) is 0 Å². The van der Waals surface area contributed by atoms with E-state index in [0.717, 1.165) is 35.7 Å². The number of benzene rings is 2. The highest BCUT2D eigenvalue weighted by Crippen LogP contribution is 2.24. The van der Waals surface area contributed by atoms with Crippen LogP contribution in [0.4, 0.5) is 0 Å². The van der Waals surface area contributed by atoms with Gasteiger partial charge in [-0.05, 0) is 60.6 Å². The summed E-state index contributed by atoms with van der Waals surface area (Å²) in [5, 5.41) is 3.12. The molecule has 2 aromatic carbocycles. The van der Waals surface area contributed by atoms with E-state index in [1.807, 2.05) is 48.5 Å². The van der Waals surface area contributed by atoms with Crippen LogP contribution in [0.3, 0.4) is 0 Å². The predicted octanol–water partition coefficient (Wildman–Crippen LogP) is 5.60. The minimum Gasteiger partial charge on any atom is -0.484 e. The summed E-state index contributed by atoms with van der Waals surface area (Å²) in [6, 6.07) is 15.2. The summed E-state index contributed by atoms with van der Waals surface area (Å²) in [6.07, 6.45) is 4.30. The van der Waals surface area contributed by atoms with Gasteiger partial charge in [-0.1, -0.05) is 73.8 Å². The molecule has 0 radical (unpaired) electrons. The van der Waals surface area contributed by atoms with Gasteiger partial charge in [0.1, 0.15) is 11.8 Å². The molecule has 0 spiro atoms. The topological polar surface area (TPSA) is 58.6 Å². The Morgan fingerprint density at radius 1 is 1.06 bits per heavy atom. The van der Waals surface area contributed by atoms with E-state index in [-0.39, 0.29) is 29.9 Å². The Morgan fingerprint density at radius 2 is 1.67 bits per heavy atom. The normalized spacial score (nSPS) is 15.2. The first kappa shape index (κ1) is 25.3. The molecule has 5 nitrogen and oxygen atoms in total. The van der Waals surface area contributed by atoms with Gasteiger partial charge in [-0.15, -0.1) is 0 Å². The van der Waals surface area contributed by atoms with Crippen LogP contribution in [-0.2, 0) is 21.5 Å². The fourth-order valence-electron chi connectivity index (χ4n) is 4.04. The number of nitrogens with one attached hydrogen (secondary N) is 1. The minimum absolute atomic E-state index is 0.0535. The highest BCUT2D eigenvalue weighted by molar-refractivity contribution is 9.10. The van der Waals surface area contributed by atoms with Gasteiger partial charge in [0, 0.05) is 17.1 Å². The number of carbonyl (C=O) groups is 2. The molecule has 0 aromatic heterocycles. The lowest BCUT2D eigenvalue weighted by atomic mass is 9.87. The standard InChI is InChI=1S/C27H35BrN2O3/c1-19(26(32)29-23-7-5-6-8-23)30(17-20-9-13-22(28)14-10-20)25(31)18-33-24-15-11-21(12-16-24)27(2,3)4/h9-16,19,23H,5-8,17-18H2,1-4H3,(H,29,32)/t19-/m0/s1. The third kappa shape index (κ3) is 7.32. The van der Waals surface area contributed by atoms with Gasteiger partial charge in [0.15, 0.2) is 6.61 Å². The molecular formula is C27H35BrN2O3. The minimum atomic E-state index is -0.589. The maximum absolute atomic E-state index is 13.2. The monoisotopic (exact) mass is 514 g/mol. The summed E-state index contributed by atoms with van der Waals surface area (Å²) in [7, 11) is 0.